The zero-order valence-corrected chi connectivity index (χ0v) is 9.21. The topological polar surface area (TPSA) is 90.2 Å². The Balaban J connectivity index is 4.08. The van der Waals surface area contributed by atoms with Crippen molar-refractivity contribution in [1.29, 1.82) is 5.26 Å². The van der Waals surface area contributed by atoms with Crippen LogP contribution in [0.1, 0.15) is 26.7 Å². The van der Waals surface area contributed by atoms with Crippen molar-refractivity contribution in [2.24, 2.45) is 0 Å². The Morgan fingerprint density at radius 2 is 2.14 bits per heavy atom. The lowest BCUT2D eigenvalue weighted by atomic mass is 10.2. The molecule has 0 aromatic carbocycles. The van der Waals surface area contributed by atoms with Crippen molar-refractivity contribution >= 4 is 10.0 Å². The van der Waals surface area contributed by atoms with Crippen molar-refractivity contribution in [3.8, 4) is 6.07 Å². The first-order valence-corrected chi connectivity index (χ1v) is 6.04. The first kappa shape index (κ1) is 13.4. The molecule has 0 aliphatic heterocycles. The standard InChI is InChI=1S/C8H16N2O3S/c1-3-4-8(11)6-10-14(12,13)7(2)5-9/h7-8,10-11H,3-4,6H2,1-2H3. The van der Waals surface area contributed by atoms with Crippen molar-refractivity contribution in [1.82, 2.24) is 4.72 Å². The summed E-state index contributed by atoms with van der Waals surface area (Å²) in [5.41, 5.74) is 0. The van der Waals surface area contributed by atoms with E-state index < -0.39 is 21.4 Å². The molecule has 0 amide bonds. The predicted molar refractivity (Wildman–Crippen MR) is 52.9 cm³/mol. The summed E-state index contributed by atoms with van der Waals surface area (Å²) in [4.78, 5) is 0. The Kier molecular flexibility index (Phi) is 5.69. The van der Waals surface area contributed by atoms with Crippen molar-refractivity contribution in [3.05, 3.63) is 0 Å². The van der Waals surface area contributed by atoms with Crippen LogP contribution in [-0.4, -0.2) is 31.4 Å². The monoisotopic (exact) mass is 220 g/mol. The molecular weight excluding hydrogens is 204 g/mol. The number of hydrogen-bond donors (Lipinski definition) is 2. The summed E-state index contributed by atoms with van der Waals surface area (Å²) in [5.74, 6) is 0. The van der Waals surface area contributed by atoms with Gasteiger partial charge in [-0.3, -0.25) is 0 Å². The van der Waals surface area contributed by atoms with Crippen LogP contribution >= 0.6 is 0 Å². The van der Waals surface area contributed by atoms with E-state index in [0.717, 1.165) is 6.42 Å². The molecule has 82 valence electrons. The highest BCUT2D eigenvalue weighted by molar-refractivity contribution is 7.90. The number of rotatable bonds is 6. The second kappa shape index (κ2) is 5.96. The van der Waals surface area contributed by atoms with E-state index in [-0.39, 0.29) is 6.54 Å². The number of hydrogen-bond acceptors (Lipinski definition) is 4. The van der Waals surface area contributed by atoms with Gasteiger partial charge in [0, 0.05) is 6.54 Å². The molecule has 0 aliphatic carbocycles. The number of sulfonamides is 1. The normalized spacial score (nSPS) is 15.9. The lowest BCUT2D eigenvalue weighted by molar-refractivity contribution is 0.167. The van der Waals surface area contributed by atoms with Crippen LogP contribution in [0.2, 0.25) is 0 Å². The first-order valence-electron chi connectivity index (χ1n) is 4.50. The van der Waals surface area contributed by atoms with E-state index in [4.69, 9.17) is 5.26 Å². The maximum Gasteiger partial charge on any atom is 0.227 e. The molecule has 0 aromatic heterocycles. The number of nitriles is 1. The van der Waals surface area contributed by atoms with Crippen LogP contribution in [0.25, 0.3) is 0 Å². The Bertz CT molecular complexity index is 294. The van der Waals surface area contributed by atoms with E-state index >= 15 is 0 Å². The third-order valence-electron chi connectivity index (χ3n) is 1.79. The fraction of sp³-hybridized carbons (Fsp3) is 0.875. The van der Waals surface area contributed by atoms with Gasteiger partial charge in [-0.2, -0.15) is 5.26 Å². The Hall–Kier alpha value is -0.640. The molecule has 0 saturated carbocycles. The Morgan fingerprint density at radius 3 is 2.57 bits per heavy atom. The Morgan fingerprint density at radius 1 is 1.57 bits per heavy atom. The first-order chi connectivity index (χ1) is 6.44. The molecule has 2 N–H and O–H groups in total. The molecule has 0 fully saturated rings. The van der Waals surface area contributed by atoms with Crippen molar-refractivity contribution < 1.29 is 13.5 Å². The highest BCUT2D eigenvalue weighted by Crippen LogP contribution is 1.99. The van der Waals surface area contributed by atoms with Crippen LogP contribution in [0.3, 0.4) is 0 Å². The summed E-state index contributed by atoms with van der Waals surface area (Å²) < 4.78 is 24.6. The van der Waals surface area contributed by atoms with Gasteiger partial charge in [-0.05, 0) is 13.3 Å². The second-order valence-corrected chi connectivity index (χ2v) is 5.19. The molecule has 5 nitrogen and oxygen atoms in total. The van der Waals surface area contributed by atoms with Gasteiger partial charge >= 0.3 is 0 Å². The van der Waals surface area contributed by atoms with E-state index in [1.807, 2.05) is 6.92 Å². The van der Waals surface area contributed by atoms with Gasteiger partial charge in [0.1, 0.15) is 0 Å². The average Bonchev–Trinajstić information content (AvgIpc) is 2.14. The molecule has 2 atom stereocenters. The van der Waals surface area contributed by atoms with Gasteiger partial charge in [0.15, 0.2) is 5.25 Å². The summed E-state index contributed by atoms with van der Waals surface area (Å²) in [5, 5.41) is 16.6. The van der Waals surface area contributed by atoms with E-state index in [0.29, 0.717) is 6.42 Å². The molecule has 14 heavy (non-hydrogen) atoms. The molecule has 0 bridgehead atoms. The highest BCUT2D eigenvalue weighted by atomic mass is 32.2. The fourth-order valence-electron chi connectivity index (χ4n) is 0.842. The molecule has 2 unspecified atom stereocenters. The number of aliphatic hydroxyl groups is 1. The van der Waals surface area contributed by atoms with Crippen LogP contribution in [0.15, 0.2) is 0 Å². The highest BCUT2D eigenvalue weighted by Gasteiger charge is 2.20. The number of aliphatic hydroxyl groups excluding tert-OH is 1. The van der Waals surface area contributed by atoms with Gasteiger partial charge in [0.2, 0.25) is 10.0 Å². The summed E-state index contributed by atoms with van der Waals surface area (Å²) >= 11 is 0. The molecule has 0 rings (SSSR count). The molecule has 0 spiro atoms. The lowest BCUT2D eigenvalue weighted by Crippen LogP contribution is -2.37. The van der Waals surface area contributed by atoms with E-state index in [1.54, 1.807) is 6.07 Å². The van der Waals surface area contributed by atoms with Crippen LogP contribution in [0.4, 0.5) is 0 Å². The number of nitrogens with one attached hydrogen (secondary N) is 1. The van der Waals surface area contributed by atoms with Crippen LogP contribution in [0.5, 0.6) is 0 Å². The minimum Gasteiger partial charge on any atom is -0.392 e. The summed E-state index contributed by atoms with van der Waals surface area (Å²) in [6, 6.07) is 1.63. The van der Waals surface area contributed by atoms with Crippen molar-refractivity contribution in [2.75, 3.05) is 6.54 Å². The predicted octanol–water partition coefficient (Wildman–Crippen LogP) is -0.0211. The van der Waals surface area contributed by atoms with Gasteiger partial charge in [-0.1, -0.05) is 13.3 Å². The molecule has 6 heteroatoms. The third-order valence-corrected chi connectivity index (χ3v) is 3.39. The quantitative estimate of drug-likeness (QED) is 0.658. The van der Waals surface area contributed by atoms with Crippen LogP contribution in [-0.2, 0) is 10.0 Å². The molecular formula is C8H16N2O3S. The summed E-state index contributed by atoms with van der Waals surface area (Å²) in [6.45, 7) is 3.17. The molecule has 0 radical (unpaired) electrons. The van der Waals surface area contributed by atoms with Gasteiger partial charge in [0.05, 0.1) is 12.2 Å². The SMILES string of the molecule is CCCC(O)CNS(=O)(=O)C(C)C#N. The molecule has 0 heterocycles. The van der Waals surface area contributed by atoms with Crippen LogP contribution in [0, 0.1) is 11.3 Å². The van der Waals surface area contributed by atoms with Crippen molar-refractivity contribution in [3.63, 3.8) is 0 Å². The smallest absolute Gasteiger partial charge is 0.227 e. The van der Waals surface area contributed by atoms with Gasteiger partial charge in [-0.25, -0.2) is 13.1 Å². The number of nitrogens with zero attached hydrogens (tertiary/aromatic N) is 1. The van der Waals surface area contributed by atoms with Crippen LogP contribution < -0.4 is 4.72 Å². The lowest BCUT2D eigenvalue weighted by Gasteiger charge is -2.11. The van der Waals surface area contributed by atoms with Gasteiger partial charge in [0.25, 0.3) is 0 Å². The maximum absolute atomic E-state index is 11.2. The van der Waals surface area contributed by atoms with E-state index in [2.05, 4.69) is 4.72 Å². The zero-order valence-electron chi connectivity index (χ0n) is 8.40. The Labute approximate surface area is 84.8 Å². The fourth-order valence-corrected chi connectivity index (χ4v) is 1.66. The maximum atomic E-state index is 11.2. The minimum atomic E-state index is -3.59. The minimum absolute atomic E-state index is 0.0256. The molecule has 0 saturated heterocycles. The summed E-state index contributed by atoms with van der Waals surface area (Å²) in [6.07, 6.45) is 0.654. The largest absolute Gasteiger partial charge is 0.392 e. The van der Waals surface area contributed by atoms with E-state index in [9.17, 15) is 13.5 Å². The van der Waals surface area contributed by atoms with E-state index in [1.165, 1.54) is 6.92 Å². The average molecular weight is 220 g/mol. The second-order valence-electron chi connectivity index (χ2n) is 3.11. The van der Waals surface area contributed by atoms with Gasteiger partial charge in [-0.15, -0.1) is 0 Å². The zero-order chi connectivity index (χ0) is 11.2. The summed E-state index contributed by atoms with van der Waals surface area (Å²) in [7, 11) is -3.59. The third kappa shape index (κ3) is 4.56. The molecule has 0 aromatic rings. The molecule has 0 aliphatic rings. The van der Waals surface area contributed by atoms with Gasteiger partial charge < -0.3 is 5.11 Å². The van der Waals surface area contributed by atoms with Crippen molar-refractivity contribution in [2.45, 2.75) is 38.0 Å².